The number of aliphatic carboxylic acids is 1. The summed E-state index contributed by atoms with van der Waals surface area (Å²) in [5, 5.41) is 7.42. The smallest absolute Gasteiger partial charge is 1.00 e. The van der Waals surface area contributed by atoms with Crippen LogP contribution in [-0.4, -0.2) is 15.7 Å². The van der Waals surface area contributed by atoms with Crippen LogP contribution in [0.3, 0.4) is 0 Å². The zero-order valence-electron chi connectivity index (χ0n) is 6.41. The van der Waals surface area contributed by atoms with E-state index in [0.717, 1.165) is 6.92 Å². The van der Waals surface area contributed by atoms with Gasteiger partial charge in [0.25, 0.3) is 5.97 Å². The van der Waals surface area contributed by atoms with Gasteiger partial charge in [0, 0.05) is 6.92 Å². The van der Waals surface area contributed by atoms with Gasteiger partial charge < -0.3 is 6.53 Å². The number of rotatable bonds is 0. The van der Waals surface area contributed by atoms with Crippen molar-refractivity contribution in [3.63, 3.8) is 0 Å². The van der Waals surface area contributed by atoms with Crippen molar-refractivity contribution in [1.29, 1.82) is 0 Å². The van der Waals surface area contributed by atoms with Crippen molar-refractivity contribution in [2.75, 3.05) is 0 Å². The third-order valence-electron chi connectivity index (χ3n) is 0. The molecular formula is C2H6ClNaO6. The first-order valence-corrected chi connectivity index (χ1v) is 2.82. The van der Waals surface area contributed by atoms with Gasteiger partial charge in [-0.25, -0.2) is 0 Å². The van der Waals surface area contributed by atoms with Crippen LogP contribution in [-0.2, 0) is 4.79 Å². The van der Waals surface area contributed by atoms with Gasteiger partial charge in [-0.15, -0.1) is 0 Å². The topological polar surface area (TPSA) is 127 Å². The monoisotopic (exact) mass is 184 g/mol. The van der Waals surface area contributed by atoms with Gasteiger partial charge in [-0.1, -0.05) is 0 Å². The predicted octanol–water partition coefficient (Wildman–Crippen LogP) is -6.92. The quantitative estimate of drug-likeness (QED) is 0.360. The van der Waals surface area contributed by atoms with Crippen LogP contribution in [0.1, 0.15) is 8.35 Å². The fourth-order valence-corrected chi connectivity index (χ4v) is 0. The Bertz CT molecular complexity index is 83.1. The van der Waals surface area contributed by atoms with E-state index in [0.29, 0.717) is 0 Å². The Kier molecular flexibility index (Phi) is 13.0. The molecule has 0 unspecified atom stereocenters. The van der Waals surface area contributed by atoms with Gasteiger partial charge in [0.1, 0.15) is 0 Å². The minimum Gasteiger partial charge on any atom is -1.00 e. The van der Waals surface area contributed by atoms with Crippen molar-refractivity contribution >= 4 is 5.97 Å². The van der Waals surface area contributed by atoms with Gasteiger partial charge in [-0.2, -0.15) is 14.0 Å². The number of hydrogen-bond donors (Lipinski definition) is 2. The Morgan fingerprint density at radius 2 is 1.50 bits per heavy atom. The Morgan fingerprint density at radius 3 is 1.50 bits per heavy atom. The summed E-state index contributed by atoms with van der Waals surface area (Å²) in [5.41, 5.74) is 0. The van der Waals surface area contributed by atoms with Crippen LogP contribution in [0, 0.1) is 10.2 Å². The van der Waals surface area contributed by atoms with Crippen LogP contribution >= 0.6 is 0 Å². The average molecular weight is 185 g/mol. The van der Waals surface area contributed by atoms with Crippen molar-refractivity contribution in [2.24, 2.45) is 0 Å². The second-order valence-corrected chi connectivity index (χ2v) is 1.71. The van der Waals surface area contributed by atoms with Gasteiger partial charge in [-0.3, -0.25) is 4.79 Å². The fraction of sp³-hybridized carbons (Fsp3) is 0.500. The molecule has 2 N–H and O–H groups in total. The molecule has 0 atom stereocenters. The molecule has 0 fully saturated rings. The normalized spacial score (nSPS) is 8.50. The van der Waals surface area contributed by atoms with E-state index in [1.54, 1.807) is 0 Å². The van der Waals surface area contributed by atoms with Gasteiger partial charge in [0.05, 0.1) is 14.9 Å². The molecule has 10 heavy (non-hydrogen) atoms. The maximum absolute atomic E-state index is 9.00. The summed E-state index contributed by atoms with van der Waals surface area (Å²) in [6.45, 7) is 1.08. The second kappa shape index (κ2) is 7.70. The summed E-state index contributed by atoms with van der Waals surface area (Å²) in [7, 11) is -4.69. The number of carbonyl (C=O) groups is 1. The molecule has 0 aliphatic rings. The minimum absolute atomic E-state index is 0. The molecule has 6 nitrogen and oxygen atoms in total. The minimum atomic E-state index is -4.69. The number of halogens is 1. The summed E-state index contributed by atoms with van der Waals surface area (Å²) in [4.78, 5) is 9.00. The standard InChI is InChI=1S/C2H4O2.ClHO4.Na.H/c1-2(3)4;2-1(3,4)5;;/h1H3,(H,3,4);(H,2,3,4,5);;/q;;+1;-1. The molecule has 0 saturated heterocycles. The van der Waals surface area contributed by atoms with E-state index in [4.69, 9.17) is 28.5 Å². The molecule has 8 heteroatoms. The van der Waals surface area contributed by atoms with Crippen molar-refractivity contribution in [2.45, 2.75) is 6.92 Å². The van der Waals surface area contributed by atoms with Gasteiger partial charge in [-0.05, 0) is 0 Å². The van der Waals surface area contributed by atoms with Crippen molar-refractivity contribution in [1.82, 2.24) is 0 Å². The first-order valence-electron chi connectivity index (χ1n) is 1.56. The zero-order chi connectivity index (χ0) is 8.08. The Hall–Kier alpha value is 0.600. The molecule has 0 aliphatic carbocycles. The largest absolute Gasteiger partial charge is 1.00 e. The van der Waals surface area contributed by atoms with Crippen molar-refractivity contribution in [3.8, 4) is 0 Å². The van der Waals surface area contributed by atoms with Gasteiger partial charge in [0.15, 0.2) is 0 Å². The summed E-state index contributed by atoms with van der Waals surface area (Å²) in [6, 6.07) is 0. The van der Waals surface area contributed by atoms with Crippen LogP contribution in [0.15, 0.2) is 0 Å². The molecule has 0 aliphatic heterocycles. The molecule has 0 aromatic heterocycles. The third-order valence-corrected chi connectivity index (χ3v) is 0. The SMILES string of the molecule is CC(=O)O.[H-].[Na+].[O-][Cl+3]([O-])([O-])O. The summed E-state index contributed by atoms with van der Waals surface area (Å²) in [5.74, 6) is -0.833. The number of carboxylic acids is 1. The molecule has 0 heterocycles. The van der Waals surface area contributed by atoms with E-state index in [2.05, 4.69) is 0 Å². The van der Waals surface area contributed by atoms with E-state index in [-0.39, 0.29) is 31.0 Å². The van der Waals surface area contributed by atoms with Crippen LogP contribution in [0.5, 0.6) is 0 Å². The summed E-state index contributed by atoms with van der Waals surface area (Å²) in [6.07, 6.45) is 0. The van der Waals surface area contributed by atoms with E-state index in [1.165, 1.54) is 0 Å². The van der Waals surface area contributed by atoms with Crippen LogP contribution in [0.25, 0.3) is 0 Å². The molecular weight excluding hydrogens is 178 g/mol. The number of carboxylic acid groups (broad SMARTS) is 1. The van der Waals surface area contributed by atoms with Crippen LogP contribution in [0.2, 0.25) is 0 Å². The molecule has 0 rings (SSSR count). The molecule has 0 aromatic carbocycles. The van der Waals surface area contributed by atoms with Gasteiger partial charge in [0.2, 0.25) is 0 Å². The van der Waals surface area contributed by atoms with Crippen LogP contribution < -0.4 is 43.5 Å². The van der Waals surface area contributed by atoms with Gasteiger partial charge >= 0.3 is 29.6 Å². The van der Waals surface area contributed by atoms with E-state index in [9.17, 15) is 0 Å². The predicted molar refractivity (Wildman–Crippen MR) is 16.6 cm³/mol. The molecule has 0 saturated carbocycles. The summed E-state index contributed by atoms with van der Waals surface area (Å²) >= 11 is 0. The van der Waals surface area contributed by atoms with E-state index >= 15 is 0 Å². The zero-order valence-corrected chi connectivity index (χ0v) is 8.16. The van der Waals surface area contributed by atoms with Crippen LogP contribution in [0.4, 0.5) is 0 Å². The van der Waals surface area contributed by atoms with E-state index in [1.807, 2.05) is 0 Å². The van der Waals surface area contributed by atoms with Crippen molar-refractivity contribution < 1.29 is 69.8 Å². The maximum atomic E-state index is 9.00. The van der Waals surface area contributed by atoms with E-state index < -0.39 is 16.2 Å². The third kappa shape index (κ3) is 1380. The Balaban J connectivity index is -0.0000000383. The molecule has 0 radical (unpaired) electrons. The maximum Gasteiger partial charge on any atom is 1.00 e. The Morgan fingerprint density at radius 1 is 1.50 bits per heavy atom. The molecule has 0 spiro atoms. The molecule has 0 aromatic rings. The number of hydrogen-bond acceptors (Lipinski definition) is 5. The van der Waals surface area contributed by atoms with Crippen molar-refractivity contribution in [3.05, 3.63) is 0 Å². The average Bonchev–Trinajstić information content (AvgIpc) is 1.19. The molecule has 0 amide bonds. The Labute approximate surface area is 82.6 Å². The first kappa shape index (κ1) is 16.9. The fourth-order valence-electron chi connectivity index (χ4n) is 0. The second-order valence-electron chi connectivity index (χ2n) is 0.915. The molecule has 0 bridgehead atoms. The summed E-state index contributed by atoms with van der Waals surface area (Å²) < 4.78 is 32.7. The molecule has 58 valence electrons. The first-order chi connectivity index (χ1) is 3.73.